The van der Waals surface area contributed by atoms with Gasteiger partial charge in [0.15, 0.2) is 5.96 Å². The first-order chi connectivity index (χ1) is 12.6. The van der Waals surface area contributed by atoms with Crippen molar-refractivity contribution in [1.29, 1.82) is 0 Å². The zero-order valence-corrected chi connectivity index (χ0v) is 16.7. The van der Waals surface area contributed by atoms with Crippen LogP contribution in [0.15, 0.2) is 35.3 Å². The molecule has 1 saturated heterocycles. The molecule has 0 bridgehead atoms. The number of ether oxygens (including phenoxy) is 1. The number of morpholine rings is 1. The zero-order valence-electron chi connectivity index (χ0n) is 16.7. The molecule has 1 heterocycles. The maximum Gasteiger partial charge on any atom is 0.191 e. The van der Waals surface area contributed by atoms with E-state index in [2.05, 4.69) is 72.5 Å². The number of aliphatic imine (C=N–C) groups is 1. The minimum Gasteiger partial charge on any atom is -0.379 e. The number of nitrogens with zero attached hydrogens (tertiary/aromatic N) is 3. The smallest absolute Gasteiger partial charge is 0.191 e. The van der Waals surface area contributed by atoms with Crippen LogP contribution >= 0.6 is 0 Å². The van der Waals surface area contributed by atoms with Crippen molar-refractivity contribution >= 4 is 11.6 Å². The van der Waals surface area contributed by atoms with Crippen molar-refractivity contribution < 1.29 is 4.74 Å². The molecule has 6 heteroatoms. The Morgan fingerprint density at radius 2 is 1.88 bits per heavy atom. The number of hydrogen-bond acceptors (Lipinski definition) is 4. The second-order valence-corrected chi connectivity index (χ2v) is 6.89. The van der Waals surface area contributed by atoms with Crippen LogP contribution in [0.2, 0.25) is 0 Å². The molecular formula is C20H35N5O. The normalized spacial score (nSPS) is 18.2. The van der Waals surface area contributed by atoms with Crippen LogP contribution in [0.1, 0.15) is 20.8 Å². The lowest BCUT2D eigenvalue weighted by atomic mass is 10.2. The highest BCUT2D eigenvalue weighted by Crippen LogP contribution is 2.13. The van der Waals surface area contributed by atoms with Crippen LogP contribution in [-0.4, -0.2) is 75.9 Å². The molecule has 1 aromatic carbocycles. The maximum absolute atomic E-state index is 5.43. The number of nitrogens with one attached hydrogen (secondary N) is 2. The standard InChI is InChI=1S/C20H35N5O/c1-5-21-20(23-16-18(3)25-11-13-26-14-12-25)22-15-17(2)24(4)19-9-7-6-8-10-19/h6-10,17-18H,5,11-16H2,1-4H3,(H2,21,22,23). The van der Waals surface area contributed by atoms with Crippen molar-refractivity contribution in [2.75, 3.05) is 57.9 Å². The minimum atomic E-state index is 0.359. The fourth-order valence-electron chi connectivity index (χ4n) is 3.00. The molecule has 0 aliphatic carbocycles. The van der Waals surface area contributed by atoms with E-state index in [0.717, 1.165) is 51.9 Å². The van der Waals surface area contributed by atoms with Gasteiger partial charge < -0.3 is 20.3 Å². The number of hydrogen-bond donors (Lipinski definition) is 2. The molecule has 2 unspecified atom stereocenters. The molecule has 2 N–H and O–H groups in total. The quantitative estimate of drug-likeness (QED) is 0.546. The molecule has 26 heavy (non-hydrogen) atoms. The van der Waals surface area contributed by atoms with Gasteiger partial charge in [-0.1, -0.05) is 18.2 Å². The predicted molar refractivity (Wildman–Crippen MR) is 110 cm³/mol. The van der Waals surface area contributed by atoms with E-state index in [9.17, 15) is 0 Å². The summed E-state index contributed by atoms with van der Waals surface area (Å²) in [5.74, 6) is 0.890. The summed E-state index contributed by atoms with van der Waals surface area (Å²) >= 11 is 0. The van der Waals surface area contributed by atoms with Gasteiger partial charge in [-0.25, -0.2) is 0 Å². The number of anilines is 1. The fourth-order valence-corrected chi connectivity index (χ4v) is 3.00. The van der Waals surface area contributed by atoms with Crippen LogP contribution in [0.5, 0.6) is 0 Å². The van der Waals surface area contributed by atoms with E-state index in [0.29, 0.717) is 12.1 Å². The summed E-state index contributed by atoms with van der Waals surface area (Å²) in [6.45, 7) is 12.7. The molecule has 1 aromatic rings. The molecule has 146 valence electrons. The number of para-hydroxylation sites is 1. The summed E-state index contributed by atoms with van der Waals surface area (Å²) in [4.78, 5) is 9.52. The van der Waals surface area contributed by atoms with Crippen molar-refractivity contribution in [3.05, 3.63) is 30.3 Å². The largest absolute Gasteiger partial charge is 0.379 e. The maximum atomic E-state index is 5.43. The first kappa shape index (κ1) is 20.5. The zero-order chi connectivity index (χ0) is 18.8. The van der Waals surface area contributed by atoms with Gasteiger partial charge in [0.2, 0.25) is 0 Å². The Balaban J connectivity index is 1.84. The summed E-state index contributed by atoms with van der Waals surface area (Å²) in [6.07, 6.45) is 0. The van der Waals surface area contributed by atoms with Crippen LogP contribution in [0, 0.1) is 0 Å². The molecular weight excluding hydrogens is 326 g/mol. The molecule has 0 saturated carbocycles. The molecule has 0 radical (unpaired) electrons. The lowest BCUT2D eigenvalue weighted by molar-refractivity contribution is 0.0220. The van der Waals surface area contributed by atoms with Gasteiger partial charge in [-0.3, -0.25) is 9.89 Å². The van der Waals surface area contributed by atoms with Crippen molar-refractivity contribution in [1.82, 2.24) is 15.5 Å². The van der Waals surface area contributed by atoms with Crippen LogP contribution in [-0.2, 0) is 4.74 Å². The van der Waals surface area contributed by atoms with E-state index in [1.165, 1.54) is 5.69 Å². The van der Waals surface area contributed by atoms with Gasteiger partial charge in [0, 0.05) is 51.0 Å². The summed E-state index contributed by atoms with van der Waals surface area (Å²) < 4.78 is 5.43. The van der Waals surface area contributed by atoms with Crippen LogP contribution < -0.4 is 15.5 Å². The van der Waals surface area contributed by atoms with E-state index in [-0.39, 0.29) is 0 Å². The van der Waals surface area contributed by atoms with Crippen LogP contribution in [0.25, 0.3) is 0 Å². The van der Waals surface area contributed by atoms with Crippen molar-refractivity contribution in [3.63, 3.8) is 0 Å². The summed E-state index contributed by atoms with van der Waals surface area (Å²) in [5.41, 5.74) is 1.23. The highest BCUT2D eigenvalue weighted by molar-refractivity contribution is 5.79. The summed E-state index contributed by atoms with van der Waals surface area (Å²) in [5, 5.41) is 6.84. The van der Waals surface area contributed by atoms with Gasteiger partial charge in [0.05, 0.1) is 19.8 Å². The van der Waals surface area contributed by atoms with Crippen molar-refractivity contribution in [3.8, 4) is 0 Å². The van der Waals surface area contributed by atoms with Crippen molar-refractivity contribution in [2.45, 2.75) is 32.9 Å². The Hall–Kier alpha value is -1.79. The third-order valence-electron chi connectivity index (χ3n) is 4.92. The molecule has 0 aromatic heterocycles. The van der Waals surface area contributed by atoms with Crippen LogP contribution in [0.4, 0.5) is 5.69 Å². The van der Waals surface area contributed by atoms with Gasteiger partial charge in [-0.15, -0.1) is 0 Å². The molecule has 1 aliphatic heterocycles. The monoisotopic (exact) mass is 361 g/mol. The molecule has 1 fully saturated rings. The third-order valence-corrected chi connectivity index (χ3v) is 4.92. The Labute approximate surface area is 158 Å². The Bertz CT molecular complexity index is 530. The minimum absolute atomic E-state index is 0.359. The van der Waals surface area contributed by atoms with Gasteiger partial charge in [-0.05, 0) is 32.9 Å². The van der Waals surface area contributed by atoms with E-state index in [1.807, 2.05) is 6.07 Å². The number of benzene rings is 1. The Kier molecular flexibility index (Phi) is 8.71. The van der Waals surface area contributed by atoms with E-state index in [4.69, 9.17) is 9.73 Å². The van der Waals surface area contributed by atoms with Crippen LogP contribution in [0.3, 0.4) is 0 Å². The third kappa shape index (κ3) is 6.50. The average Bonchev–Trinajstić information content (AvgIpc) is 2.70. The molecule has 0 spiro atoms. The summed E-state index contributed by atoms with van der Waals surface area (Å²) in [6, 6.07) is 11.3. The lowest BCUT2D eigenvalue weighted by Gasteiger charge is -2.31. The van der Waals surface area contributed by atoms with E-state index < -0.39 is 0 Å². The Morgan fingerprint density at radius 1 is 1.19 bits per heavy atom. The second-order valence-electron chi connectivity index (χ2n) is 6.89. The highest BCUT2D eigenvalue weighted by atomic mass is 16.5. The van der Waals surface area contributed by atoms with Gasteiger partial charge in [-0.2, -0.15) is 0 Å². The summed E-state index contributed by atoms with van der Waals surface area (Å²) in [7, 11) is 2.13. The second kappa shape index (κ2) is 11.0. The van der Waals surface area contributed by atoms with E-state index >= 15 is 0 Å². The van der Waals surface area contributed by atoms with Gasteiger partial charge in [0.25, 0.3) is 0 Å². The molecule has 6 nitrogen and oxygen atoms in total. The molecule has 0 amide bonds. The predicted octanol–water partition coefficient (Wildman–Crippen LogP) is 1.79. The molecule has 2 atom stereocenters. The average molecular weight is 362 g/mol. The first-order valence-electron chi connectivity index (χ1n) is 9.73. The fraction of sp³-hybridized carbons (Fsp3) is 0.650. The van der Waals surface area contributed by atoms with E-state index in [1.54, 1.807) is 0 Å². The SMILES string of the molecule is CCNC(=NCC(C)N1CCOCC1)NCC(C)N(C)c1ccccc1. The molecule has 1 aliphatic rings. The Morgan fingerprint density at radius 3 is 2.54 bits per heavy atom. The number of rotatable bonds is 8. The number of guanidine groups is 1. The topological polar surface area (TPSA) is 52.1 Å². The molecule has 2 rings (SSSR count). The lowest BCUT2D eigenvalue weighted by Crippen LogP contribution is -2.46. The number of likely N-dealkylation sites (N-methyl/N-ethyl adjacent to an activating group) is 1. The highest BCUT2D eigenvalue weighted by Gasteiger charge is 2.17. The first-order valence-corrected chi connectivity index (χ1v) is 9.73. The van der Waals surface area contributed by atoms with Crippen molar-refractivity contribution in [2.24, 2.45) is 4.99 Å². The van der Waals surface area contributed by atoms with Gasteiger partial charge >= 0.3 is 0 Å². The van der Waals surface area contributed by atoms with Gasteiger partial charge in [0.1, 0.15) is 0 Å².